The maximum absolute atomic E-state index is 13.9. The van der Waals surface area contributed by atoms with Crippen molar-refractivity contribution < 1.29 is 32.2 Å². The van der Waals surface area contributed by atoms with Gasteiger partial charge >= 0.3 is 6.18 Å². The molecule has 2 N–H and O–H groups in total. The summed E-state index contributed by atoms with van der Waals surface area (Å²) < 4.78 is 58.5. The summed E-state index contributed by atoms with van der Waals surface area (Å²) in [6, 6.07) is 6.34. The number of fused-ring (bicyclic) bond motifs is 1. The Bertz CT molecular complexity index is 1480. The highest BCUT2D eigenvalue weighted by molar-refractivity contribution is 6.34. The second-order valence-electron chi connectivity index (χ2n) is 10.4. The fourth-order valence-electron chi connectivity index (χ4n) is 5.07. The number of rotatable bonds is 7. The van der Waals surface area contributed by atoms with Gasteiger partial charge in [0.15, 0.2) is 0 Å². The number of nitrogens with one attached hydrogen (secondary N) is 2. The number of likely N-dealkylation sites (tertiary alicyclic amines) is 1. The fourth-order valence-corrected chi connectivity index (χ4v) is 5.32. The third-order valence-corrected chi connectivity index (χ3v) is 7.78. The Morgan fingerprint density at radius 1 is 1.17 bits per heavy atom. The standard InChI is InChI=1S/C29H31ClF3N5O4/c1-16-4-5-24(20-15-41-11-8-18(16)20)42-27-21(29(31,32)33)14-34-28(37-27)36-23-13-22(30)19(12-25(23)40-3)26(39)35-17-6-9-38(2)10-7-17/h4-5,12-14,17H,6-11,15H2,1-3H3,(H,35,39)(H,34,36,37). The van der Waals surface area contributed by atoms with E-state index in [0.29, 0.717) is 24.8 Å². The van der Waals surface area contributed by atoms with Crippen molar-refractivity contribution in [2.45, 2.75) is 45.0 Å². The predicted molar refractivity (Wildman–Crippen MR) is 151 cm³/mol. The molecule has 9 nitrogen and oxygen atoms in total. The number of carbonyl (C=O) groups excluding carboxylic acids is 1. The number of aryl methyl sites for hydroxylation is 1. The number of anilines is 2. The van der Waals surface area contributed by atoms with E-state index < -0.39 is 17.6 Å². The van der Waals surface area contributed by atoms with Crippen LogP contribution in [-0.2, 0) is 23.9 Å². The molecule has 3 aromatic rings. The van der Waals surface area contributed by atoms with Gasteiger partial charge in [-0.25, -0.2) is 4.98 Å². The second kappa shape index (κ2) is 12.3. The number of halogens is 4. The van der Waals surface area contributed by atoms with Gasteiger partial charge in [0.2, 0.25) is 11.8 Å². The number of carbonyl (C=O) groups is 1. The molecule has 0 aliphatic carbocycles. The number of methoxy groups -OCH3 is 1. The van der Waals surface area contributed by atoms with Crippen molar-refractivity contribution in [3.63, 3.8) is 0 Å². The number of nitrogens with zero attached hydrogens (tertiary/aromatic N) is 3. The molecule has 2 aromatic carbocycles. The first kappa shape index (κ1) is 29.9. The minimum Gasteiger partial charge on any atom is -0.495 e. The number of benzene rings is 2. The van der Waals surface area contributed by atoms with Gasteiger partial charge in [0.05, 0.1) is 36.6 Å². The first-order chi connectivity index (χ1) is 20.0. The Morgan fingerprint density at radius 2 is 1.93 bits per heavy atom. The highest BCUT2D eigenvalue weighted by Gasteiger charge is 2.37. The minimum absolute atomic E-state index is 0.0261. The van der Waals surface area contributed by atoms with E-state index in [1.807, 2.05) is 14.0 Å². The number of alkyl halides is 3. The molecular weight excluding hydrogens is 575 g/mol. The van der Waals surface area contributed by atoms with Crippen LogP contribution in [0.3, 0.4) is 0 Å². The molecule has 3 heterocycles. The van der Waals surface area contributed by atoms with E-state index in [1.165, 1.54) is 19.2 Å². The maximum Gasteiger partial charge on any atom is 0.423 e. The maximum atomic E-state index is 13.9. The zero-order valence-corrected chi connectivity index (χ0v) is 24.2. The SMILES string of the molecule is COc1cc(C(=O)NC2CCN(C)CC2)c(Cl)cc1Nc1ncc(C(F)(F)F)c(Oc2ccc(C)c3c2COCC3)n1. The number of aromatic nitrogens is 2. The Balaban J connectivity index is 1.42. The smallest absolute Gasteiger partial charge is 0.423 e. The van der Waals surface area contributed by atoms with Gasteiger partial charge in [-0.15, -0.1) is 0 Å². The molecule has 5 rings (SSSR count). The predicted octanol–water partition coefficient (Wildman–Crippen LogP) is 5.90. The van der Waals surface area contributed by atoms with Crippen LogP contribution in [0, 0.1) is 6.92 Å². The normalized spacial score (nSPS) is 16.1. The van der Waals surface area contributed by atoms with Crippen molar-refractivity contribution in [1.29, 1.82) is 0 Å². The van der Waals surface area contributed by atoms with Gasteiger partial charge in [-0.05, 0) is 75.6 Å². The van der Waals surface area contributed by atoms with Crippen molar-refractivity contribution in [2.75, 3.05) is 39.2 Å². The van der Waals surface area contributed by atoms with Crippen LogP contribution in [-0.4, -0.2) is 60.7 Å². The van der Waals surface area contributed by atoms with E-state index in [2.05, 4.69) is 25.5 Å². The molecule has 224 valence electrons. The first-order valence-corrected chi connectivity index (χ1v) is 13.9. The zero-order valence-electron chi connectivity index (χ0n) is 23.4. The van der Waals surface area contributed by atoms with Crippen LogP contribution in [0.15, 0.2) is 30.5 Å². The van der Waals surface area contributed by atoms with Crippen LogP contribution >= 0.6 is 11.6 Å². The van der Waals surface area contributed by atoms with Crippen molar-refractivity contribution in [3.05, 3.63) is 63.3 Å². The van der Waals surface area contributed by atoms with Gasteiger partial charge < -0.3 is 29.7 Å². The summed E-state index contributed by atoms with van der Waals surface area (Å²) in [6.07, 6.45) is -1.83. The van der Waals surface area contributed by atoms with Crippen LogP contribution in [0.4, 0.5) is 24.8 Å². The molecule has 0 bridgehead atoms. The third-order valence-electron chi connectivity index (χ3n) is 7.47. The van der Waals surface area contributed by atoms with Crippen LogP contribution in [0.25, 0.3) is 0 Å². The lowest BCUT2D eigenvalue weighted by molar-refractivity contribution is -0.139. The lowest BCUT2D eigenvalue weighted by Crippen LogP contribution is -2.43. The summed E-state index contributed by atoms with van der Waals surface area (Å²) in [4.78, 5) is 23.1. The van der Waals surface area contributed by atoms with Gasteiger partial charge in [-0.3, -0.25) is 4.79 Å². The minimum atomic E-state index is -4.77. The number of ether oxygens (including phenoxy) is 3. The molecule has 13 heteroatoms. The zero-order chi connectivity index (χ0) is 30.0. The van der Waals surface area contributed by atoms with E-state index >= 15 is 0 Å². The lowest BCUT2D eigenvalue weighted by atomic mass is 9.97. The number of piperidine rings is 1. The summed E-state index contributed by atoms with van der Waals surface area (Å²) in [6.45, 7) is 4.44. The molecule has 2 aliphatic heterocycles. The van der Waals surface area contributed by atoms with Gasteiger partial charge in [0, 0.05) is 17.8 Å². The summed E-state index contributed by atoms with van der Waals surface area (Å²) >= 11 is 6.47. The van der Waals surface area contributed by atoms with E-state index in [4.69, 9.17) is 25.8 Å². The van der Waals surface area contributed by atoms with Crippen molar-refractivity contribution in [1.82, 2.24) is 20.2 Å². The van der Waals surface area contributed by atoms with Gasteiger partial charge in [0.25, 0.3) is 5.91 Å². The second-order valence-corrected chi connectivity index (χ2v) is 10.8. The van der Waals surface area contributed by atoms with Gasteiger partial charge in [-0.2, -0.15) is 18.2 Å². The summed E-state index contributed by atoms with van der Waals surface area (Å²) in [5.74, 6) is -0.745. The Labute approximate surface area is 246 Å². The summed E-state index contributed by atoms with van der Waals surface area (Å²) in [5.41, 5.74) is 2.01. The average Bonchev–Trinajstić information content (AvgIpc) is 2.95. The molecule has 0 unspecified atom stereocenters. The van der Waals surface area contributed by atoms with Gasteiger partial charge in [0.1, 0.15) is 17.1 Å². The first-order valence-electron chi connectivity index (χ1n) is 13.5. The number of amides is 1. The van der Waals surface area contributed by atoms with Crippen molar-refractivity contribution in [2.24, 2.45) is 0 Å². The molecular formula is C29H31ClF3N5O4. The van der Waals surface area contributed by atoms with E-state index in [0.717, 1.165) is 37.1 Å². The molecule has 0 atom stereocenters. The monoisotopic (exact) mass is 605 g/mol. The molecule has 2 aliphatic rings. The van der Waals surface area contributed by atoms with Crippen LogP contribution in [0.2, 0.25) is 5.02 Å². The van der Waals surface area contributed by atoms with Gasteiger partial charge in [-0.1, -0.05) is 17.7 Å². The van der Waals surface area contributed by atoms with Crippen molar-refractivity contribution >= 4 is 29.1 Å². The largest absolute Gasteiger partial charge is 0.495 e. The third kappa shape index (κ3) is 6.55. The molecule has 1 saturated heterocycles. The van der Waals surface area contributed by atoms with Crippen LogP contribution in [0.5, 0.6) is 17.4 Å². The number of hydrogen-bond acceptors (Lipinski definition) is 8. The van der Waals surface area contributed by atoms with E-state index in [-0.39, 0.29) is 52.3 Å². The average molecular weight is 606 g/mol. The Kier molecular flexibility index (Phi) is 8.76. The quantitative estimate of drug-likeness (QED) is 0.344. The van der Waals surface area contributed by atoms with E-state index in [1.54, 1.807) is 12.1 Å². The molecule has 0 spiro atoms. The molecule has 0 saturated carbocycles. The number of hydrogen-bond donors (Lipinski definition) is 2. The Hall–Kier alpha value is -3.61. The molecule has 42 heavy (non-hydrogen) atoms. The molecule has 1 amide bonds. The topological polar surface area (TPSA) is 97.8 Å². The van der Waals surface area contributed by atoms with Crippen molar-refractivity contribution in [3.8, 4) is 17.4 Å². The highest BCUT2D eigenvalue weighted by Crippen LogP contribution is 2.40. The fraction of sp³-hybridized carbons (Fsp3) is 0.414. The Morgan fingerprint density at radius 3 is 2.64 bits per heavy atom. The molecule has 1 aromatic heterocycles. The lowest BCUT2D eigenvalue weighted by Gasteiger charge is -2.29. The van der Waals surface area contributed by atoms with Crippen LogP contribution in [0.1, 0.15) is 45.5 Å². The van der Waals surface area contributed by atoms with Crippen LogP contribution < -0.4 is 20.1 Å². The molecule has 0 radical (unpaired) electrons. The summed E-state index contributed by atoms with van der Waals surface area (Å²) in [5, 5.41) is 5.99. The highest BCUT2D eigenvalue weighted by atomic mass is 35.5. The summed E-state index contributed by atoms with van der Waals surface area (Å²) in [7, 11) is 3.43. The molecule has 1 fully saturated rings. The van der Waals surface area contributed by atoms with E-state index in [9.17, 15) is 18.0 Å².